The summed E-state index contributed by atoms with van der Waals surface area (Å²) in [6.45, 7) is 0.179. The Hall–Kier alpha value is -1.55. The minimum absolute atomic E-state index is 0.0644. The van der Waals surface area contributed by atoms with Gasteiger partial charge in [-0.3, -0.25) is 4.79 Å². The van der Waals surface area contributed by atoms with Gasteiger partial charge in [0, 0.05) is 0 Å². The number of carbonyl (C=O) groups is 1. The standard InChI is InChI=1S/C8H10O2.CH2O2/c9-6-7-10-8-4-2-1-3-5-8;2-1-3/h1-5,9H,6-7H2;1H,(H,2,3). The van der Waals surface area contributed by atoms with E-state index in [1.165, 1.54) is 0 Å². The van der Waals surface area contributed by atoms with Gasteiger partial charge in [0.1, 0.15) is 12.4 Å². The van der Waals surface area contributed by atoms with Crippen LogP contribution in [0.25, 0.3) is 0 Å². The van der Waals surface area contributed by atoms with Gasteiger partial charge in [-0.05, 0) is 12.1 Å². The highest BCUT2D eigenvalue weighted by Crippen LogP contribution is 2.06. The fourth-order valence-electron chi connectivity index (χ4n) is 0.680. The first kappa shape index (κ1) is 11.4. The van der Waals surface area contributed by atoms with Gasteiger partial charge in [0.25, 0.3) is 6.47 Å². The zero-order chi connectivity index (χ0) is 9.94. The minimum atomic E-state index is -0.250. The smallest absolute Gasteiger partial charge is 0.290 e. The Bertz CT molecular complexity index is 210. The van der Waals surface area contributed by atoms with E-state index in [1.54, 1.807) is 0 Å². The molecule has 0 fully saturated rings. The van der Waals surface area contributed by atoms with Crippen molar-refractivity contribution in [3.63, 3.8) is 0 Å². The van der Waals surface area contributed by atoms with Crippen molar-refractivity contribution in [1.82, 2.24) is 0 Å². The summed E-state index contributed by atoms with van der Waals surface area (Å²) in [6, 6.07) is 9.43. The van der Waals surface area contributed by atoms with Crippen LogP contribution in [0, 0.1) is 0 Å². The monoisotopic (exact) mass is 184 g/mol. The zero-order valence-electron chi connectivity index (χ0n) is 7.09. The van der Waals surface area contributed by atoms with Gasteiger partial charge >= 0.3 is 0 Å². The Morgan fingerprint density at radius 3 is 2.31 bits per heavy atom. The van der Waals surface area contributed by atoms with E-state index in [1.807, 2.05) is 30.3 Å². The van der Waals surface area contributed by atoms with Gasteiger partial charge in [-0.25, -0.2) is 0 Å². The maximum atomic E-state index is 8.40. The number of para-hydroxylation sites is 1. The molecule has 0 aromatic heterocycles. The predicted molar refractivity (Wildman–Crippen MR) is 47.7 cm³/mol. The van der Waals surface area contributed by atoms with Crippen LogP contribution in [-0.4, -0.2) is 29.9 Å². The Balaban J connectivity index is 0.000000424. The van der Waals surface area contributed by atoms with Crippen molar-refractivity contribution < 1.29 is 19.7 Å². The van der Waals surface area contributed by atoms with Gasteiger partial charge < -0.3 is 14.9 Å². The summed E-state index contributed by atoms with van der Waals surface area (Å²) >= 11 is 0. The number of aliphatic hydroxyl groups is 1. The molecule has 0 amide bonds. The van der Waals surface area contributed by atoms with Gasteiger partial charge in [-0.1, -0.05) is 18.2 Å². The second kappa shape index (κ2) is 8.55. The van der Waals surface area contributed by atoms with Gasteiger partial charge in [0.05, 0.1) is 6.61 Å². The summed E-state index contributed by atoms with van der Waals surface area (Å²) in [5.41, 5.74) is 0. The highest BCUT2D eigenvalue weighted by Gasteiger charge is 1.86. The summed E-state index contributed by atoms with van der Waals surface area (Å²) < 4.78 is 5.11. The third-order valence-corrected chi connectivity index (χ3v) is 1.10. The first-order valence-electron chi connectivity index (χ1n) is 3.71. The number of hydrogen-bond donors (Lipinski definition) is 2. The molecule has 1 aromatic carbocycles. The number of carboxylic acid groups (broad SMARTS) is 1. The molecule has 0 spiro atoms. The van der Waals surface area contributed by atoms with Crippen LogP contribution in [0.5, 0.6) is 5.75 Å². The van der Waals surface area contributed by atoms with Crippen LogP contribution in [0.4, 0.5) is 0 Å². The van der Waals surface area contributed by atoms with E-state index in [4.69, 9.17) is 19.7 Å². The van der Waals surface area contributed by atoms with E-state index in [0.717, 1.165) is 5.75 Å². The predicted octanol–water partition coefficient (Wildman–Crippen LogP) is 0.758. The molecule has 0 atom stereocenters. The molecule has 0 saturated heterocycles. The number of ether oxygens (including phenoxy) is 1. The van der Waals surface area contributed by atoms with E-state index in [9.17, 15) is 0 Å². The Labute approximate surface area is 76.4 Å². The maximum Gasteiger partial charge on any atom is 0.290 e. The molecule has 2 N–H and O–H groups in total. The summed E-state index contributed by atoms with van der Waals surface area (Å²) in [5, 5.41) is 15.3. The molecule has 0 heterocycles. The van der Waals surface area contributed by atoms with Crippen LogP contribution in [-0.2, 0) is 4.79 Å². The summed E-state index contributed by atoms with van der Waals surface area (Å²) in [6.07, 6.45) is 0. The molecule has 13 heavy (non-hydrogen) atoms. The molecule has 0 aliphatic rings. The van der Waals surface area contributed by atoms with Crippen LogP contribution in [0.1, 0.15) is 0 Å². The largest absolute Gasteiger partial charge is 0.491 e. The first-order chi connectivity index (χ1) is 6.35. The lowest BCUT2D eigenvalue weighted by molar-refractivity contribution is -0.122. The van der Waals surface area contributed by atoms with Crippen molar-refractivity contribution in [3.8, 4) is 5.75 Å². The van der Waals surface area contributed by atoms with E-state index in [0.29, 0.717) is 6.61 Å². The lowest BCUT2D eigenvalue weighted by atomic mass is 10.3. The highest BCUT2D eigenvalue weighted by molar-refractivity contribution is 5.32. The molecule has 0 bridgehead atoms. The fraction of sp³-hybridized carbons (Fsp3) is 0.222. The van der Waals surface area contributed by atoms with Crippen molar-refractivity contribution in [2.24, 2.45) is 0 Å². The summed E-state index contributed by atoms with van der Waals surface area (Å²) in [4.78, 5) is 8.36. The normalized spacial score (nSPS) is 8.08. The molecular weight excluding hydrogens is 172 g/mol. The van der Waals surface area contributed by atoms with Crippen molar-refractivity contribution >= 4 is 6.47 Å². The van der Waals surface area contributed by atoms with Crippen LogP contribution < -0.4 is 4.74 Å². The van der Waals surface area contributed by atoms with E-state index in [-0.39, 0.29) is 13.1 Å². The van der Waals surface area contributed by atoms with E-state index >= 15 is 0 Å². The van der Waals surface area contributed by atoms with Crippen molar-refractivity contribution in [3.05, 3.63) is 30.3 Å². The van der Waals surface area contributed by atoms with E-state index in [2.05, 4.69) is 0 Å². The van der Waals surface area contributed by atoms with Crippen molar-refractivity contribution in [2.45, 2.75) is 0 Å². The van der Waals surface area contributed by atoms with Crippen molar-refractivity contribution in [2.75, 3.05) is 13.2 Å². The third-order valence-electron chi connectivity index (χ3n) is 1.10. The molecule has 1 rings (SSSR count). The van der Waals surface area contributed by atoms with Crippen LogP contribution in [0.3, 0.4) is 0 Å². The van der Waals surface area contributed by atoms with Crippen LogP contribution in [0.15, 0.2) is 30.3 Å². The SMILES string of the molecule is O=CO.OCCOc1ccccc1. The Kier molecular flexibility index (Phi) is 7.53. The number of aliphatic hydroxyl groups excluding tert-OH is 1. The van der Waals surface area contributed by atoms with Gasteiger partial charge in [0.2, 0.25) is 0 Å². The zero-order valence-corrected chi connectivity index (χ0v) is 7.09. The Morgan fingerprint density at radius 2 is 1.85 bits per heavy atom. The van der Waals surface area contributed by atoms with Crippen molar-refractivity contribution in [1.29, 1.82) is 0 Å². The topological polar surface area (TPSA) is 66.8 Å². The van der Waals surface area contributed by atoms with Crippen LogP contribution in [0.2, 0.25) is 0 Å². The van der Waals surface area contributed by atoms with Crippen LogP contribution >= 0.6 is 0 Å². The molecular formula is C9H12O4. The molecule has 0 saturated carbocycles. The van der Waals surface area contributed by atoms with Gasteiger partial charge in [-0.2, -0.15) is 0 Å². The Morgan fingerprint density at radius 1 is 1.31 bits per heavy atom. The van der Waals surface area contributed by atoms with Gasteiger partial charge in [0.15, 0.2) is 0 Å². The summed E-state index contributed by atoms with van der Waals surface area (Å²) in [5.74, 6) is 0.802. The highest BCUT2D eigenvalue weighted by atomic mass is 16.5. The lowest BCUT2D eigenvalue weighted by Crippen LogP contribution is -2.00. The molecule has 0 aliphatic carbocycles. The fourth-order valence-corrected chi connectivity index (χ4v) is 0.680. The quantitative estimate of drug-likeness (QED) is 0.680. The number of rotatable bonds is 3. The average Bonchev–Trinajstić information content (AvgIpc) is 2.18. The number of hydrogen-bond acceptors (Lipinski definition) is 3. The molecule has 0 unspecified atom stereocenters. The summed E-state index contributed by atoms with van der Waals surface area (Å²) in [7, 11) is 0. The molecule has 72 valence electrons. The molecule has 4 heteroatoms. The molecule has 1 aromatic rings. The number of benzene rings is 1. The van der Waals surface area contributed by atoms with E-state index < -0.39 is 0 Å². The molecule has 4 nitrogen and oxygen atoms in total. The first-order valence-corrected chi connectivity index (χ1v) is 3.71. The molecule has 0 aliphatic heterocycles. The average molecular weight is 184 g/mol. The maximum absolute atomic E-state index is 8.40. The molecule has 0 radical (unpaired) electrons. The van der Waals surface area contributed by atoms with Gasteiger partial charge in [-0.15, -0.1) is 0 Å². The lowest BCUT2D eigenvalue weighted by Gasteiger charge is -2.01. The second-order valence-corrected chi connectivity index (χ2v) is 1.99. The second-order valence-electron chi connectivity index (χ2n) is 1.99. The minimum Gasteiger partial charge on any atom is -0.491 e. The third kappa shape index (κ3) is 6.83.